The van der Waals surface area contributed by atoms with E-state index in [0.717, 1.165) is 24.7 Å². The monoisotopic (exact) mass is 482 g/mol. The summed E-state index contributed by atoms with van der Waals surface area (Å²) in [5.41, 5.74) is 5.95. The van der Waals surface area contributed by atoms with E-state index in [-0.39, 0.29) is 0 Å². The number of hydrogen-bond donors (Lipinski definition) is 0. The molecule has 1 saturated carbocycles. The highest BCUT2D eigenvalue weighted by molar-refractivity contribution is 9.10. The minimum absolute atomic E-state index is 0.756. The molecule has 0 spiro atoms. The molecule has 0 unspecified atom stereocenters. The van der Waals surface area contributed by atoms with Gasteiger partial charge in [-0.15, -0.1) is 0 Å². The quantitative estimate of drug-likeness (QED) is 0.264. The number of unbranched alkanes of at least 4 members (excludes halogenated alkanes) is 4. The Bertz CT molecular complexity index is 752. The SMILES string of the molecule is CCCCCc1ccc(CCc2ccc([C@H]3CC[C@H](CCCCC)CC3)c(Br)c2)cc1. The van der Waals surface area contributed by atoms with Gasteiger partial charge in [0.25, 0.3) is 0 Å². The minimum Gasteiger partial charge on any atom is -0.0654 e. The average molecular weight is 484 g/mol. The van der Waals surface area contributed by atoms with Gasteiger partial charge in [0.05, 0.1) is 0 Å². The molecule has 0 N–H and O–H groups in total. The molecule has 1 aliphatic carbocycles. The van der Waals surface area contributed by atoms with E-state index in [1.165, 1.54) is 98.2 Å². The van der Waals surface area contributed by atoms with Crippen LogP contribution in [-0.2, 0) is 19.3 Å². The lowest BCUT2D eigenvalue weighted by Crippen LogP contribution is -2.14. The van der Waals surface area contributed by atoms with Crippen molar-refractivity contribution in [1.82, 2.24) is 0 Å². The van der Waals surface area contributed by atoms with Gasteiger partial charge in [-0.1, -0.05) is 105 Å². The second kappa shape index (κ2) is 13.5. The fraction of sp³-hybridized carbons (Fsp3) is 0.600. The van der Waals surface area contributed by atoms with Gasteiger partial charge in [-0.05, 0) is 91.5 Å². The molecule has 2 aromatic carbocycles. The van der Waals surface area contributed by atoms with Crippen molar-refractivity contribution in [3.63, 3.8) is 0 Å². The van der Waals surface area contributed by atoms with Gasteiger partial charge in [0.2, 0.25) is 0 Å². The van der Waals surface area contributed by atoms with Crippen molar-refractivity contribution in [3.05, 3.63) is 69.2 Å². The molecular weight excluding hydrogens is 440 g/mol. The highest BCUT2D eigenvalue weighted by atomic mass is 79.9. The molecule has 3 rings (SSSR count). The highest BCUT2D eigenvalue weighted by Gasteiger charge is 2.23. The standard InChI is InChI=1S/C30H43Br/c1-3-5-7-9-24-11-13-26(14-12-24)15-16-27-19-22-29(30(31)23-27)28-20-17-25(18-21-28)10-8-6-4-2/h11-14,19,22-23,25,28H,3-10,15-18,20-21H2,1-2H3/t25-,28-. The first kappa shape index (κ1) is 24.6. The number of aryl methyl sites for hydroxylation is 3. The number of benzene rings is 2. The topological polar surface area (TPSA) is 0 Å². The molecule has 1 heteroatoms. The first-order valence-electron chi connectivity index (χ1n) is 13.1. The zero-order valence-corrected chi connectivity index (χ0v) is 21.6. The Morgan fingerprint density at radius 1 is 0.677 bits per heavy atom. The van der Waals surface area contributed by atoms with Crippen LogP contribution in [0.3, 0.4) is 0 Å². The van der Waals surface area contributed by atoms with Crippen LogP contribution in [0.5, 0.6) is 0 Å². The first-order valence-corrected chi connectivity index (χ1v) is 13.8. The maximum absolute atomic E-state index is 3.91. The minimum atomic E-state index is 0.756. The van der Waals surface area contributed by atoms with Crippen molar-refractivity contribution in [3.8, 4) is 0 Å². The van der Waals surface area contributed by atoms with E-state index in [2.05, 4.69) is 72.2 Å². The van der Waals surface area contributed by atoms with Crippen LogP contribution in [0.25, 0.3) is 0 Å². The Labute approximate surface area is 200 Å². The molecule has 0 heterocycles. The van der Waals surface area contributed by atoms with Gasteiger partial charge in [0.1, 0.15) is 0 Å². The summed E-state index contributed by atoms with van der Waals surface area (Å²) in [6.45, 7) is 4.58. The smallest absolute Gasteiger partial charge is 0.0212 e. The van der Waals surface area contributed by atoms with Gasteiger partial charge in [-0.2, -0.15) is 0 Å². The van der Waals surface area contributed by atoms with Crippen molar-refractivity contribution in [2.45, 2.75) is 110 Å². The Balaban J connectivity index is 1.46. The maximum Gasteiger partial charge on any atom is 0.0212 e. The summed E-state index contributed by atoms with van der Waals surface area (Å²) in [5.74, 6) is 1.74. The lowest BCUT2D eigenvalue weighted by atomic mass is 9.77. The van der Waals surface area contributed by atoms with Crippen LogP contribution in [0.4, 0.5) is 0 Å². The molecule has 0 aromatic heterocycles. The zero-order chi connectivity index (χ0) is 21.9. The molecule has 31 heavy (non-hydrogen) atoms. The molecule has 1 fully saturated rings. The molecule has 0 amide bonds. The molecular formula is C30H43Br. The zero-order valence-electron chi connectivity index (χ0n) is 20.0. The van der Waals surface area contributed by atoms with E-state index >= 15 is 0 Å². The third-order valence-corrected chi connectivity index (χ3v) is 8.05. The van der Waals surface area contributed by atoms with Crippen molar-refractivity contribution in [1.29, 1.82) is 0 Å². The van der Waals surface area contributed by atoms with Gasteiger partial charge in [-0.3, -0.25) is 0 Å². The van der Waals surface area contributed by atoms with Gasteiger partial charge >= 0.3 is 0 Å². The van der Waals surface area contributed by atoms with Crippen molar-refractivity contribution < 1.29 is 0 Å². The lowest BCUT2D eigenvalue weighted by Gasteiger charge is -2.29. The lowest BCUT2D eigenvalue weighted by molar-refractivity contribution is 0.302. The van der Waals surface area contributed by atoms with Gasteiger partial charge in [0.15, 0.2) is 0 Å². The van der Waals surface area contributed by atoms with Gasteiger partial charge in [0, 0.05) is 4.47 Å². The van der Waals surface area contributed by atoms with Gasteiger partial charge in [-0.25, -0.2) is 0 Å². The molecule has 170 valence electrons. The largest absolute Gasteiger partial charge is 0.0654 e. The summed E-state index contributed by atoms with van der Waals surface area (Å²) in [6.07, 6.45) is 18.7. The number of hydrogen-bond acceptors (Lipinski definition) is 0. The van der Waals surface area contributed by atoms with Crippen molar-refractivity contribution >= 4 is 15.9 Å². The van der Waals surface area contributed by atoms with E-state index in [1.54, 1.807) is 5.56 Å². The second-order valence-electron chi connectivity index (χ2n) is 9.84. The predicted molar refractivity (Wildman–Crippen MR) is 140 cm³/mol. The third-order valence-electron chi connectivity index (χ3n) is 7.36. The molecule has 0 nitrogen and oxygen atoms in total. The molecule has 0 aliphatic heterocycles. The summed E-state index contributed by atoms with van der Waals surface area (Å²) in [7, 11) is 0. The molecule has 2 aromatic rings. The van der Waals surface area contributed by atoms with E-state index in [4.69, 9.17) is 0 Å². The fourth-order valence-electron chi connectivity index (χ4n) is 5.24. The van der Waals surface area contributed by atoms with E-state index < -0.39 is 0 Å². The Kier molecular flexibility index (Phi) is 10.7. The highest BCUT2D eigenvalue weighted by Crippen LogP contribution is 2.40. The van der Waals surface area contributed by atoms with Crippen LogP contribution in [0.15, 0.2) is 46.9 Å². The third kappa shape index (κ3) is 8.08. The summed E-state index contributed by atoms with van der Waals surface area (Å²) < 4.78 is 1.34. The molecule has 1 aliphatic rings. The number of halogens is 1. The van der Waals surface area contributed by atoms with Crippen molar-refractivity contribution in [2.24, 2.45) is 5.92 Å². The Hall–Kier alpha value is -1.08. The van der Waals surface area contributed by atoms with E-state index in [0.29, 0.717) is 0 Å². The summed E-state index contributed by atoms with van der Waals surface area (Å²) in [5, 5.41) is 0. The summed E-state index contributed by atoms with van der Waals surface area (Å²) in [6, 6.07) is 16.5. The van der Waals surface area contributed by atoms with Crippen LogP contribution in [-0.4, -0.2) is 0 Å². The number of rotatable bonds is 12. The fourth-order valence-corrected chi connectivity index (χ4v) is 5.99. The van der Waals surface area contributed by atoms with Crippen LogP contribution < -0.4 is 0 Å². The van der Waals surface area contributed by atoms with Crippen molar-refractivity contribution in [2.75, 3.05) is 0 Å². The van der Waals surface area contributed by atoms with Crippen LogP contribution in [0, 0.1) is 5.92 Å². The maximum atomic E-state index is 3.91. The molecule has 0 saturated heterocycles. The second-order valence-corrected chi connectivity index (χ2v) is 10.7. The summed E-state index contributed by atoms with van der Waals surface area (Å²) >= 11 is 3.91. The first-order chi connectivity index (χ1) is 15.2. The molecule has 0 bridgehead atoms. The molecule has 0 radical (unpaired) electrons. The predicted octanol–water partition coefficient (Wildman–Crippen LogP) is 9.82. The van der Waals surface area contributed by atoms with E-state index in [9.17, 15) is 0 Å². The summed E-state index contributed by atoms with van der Waals surface area (Å²) in [4.78, 5) is 0. The van der Waals surface area contributed by atoms with Crippen LogP contribution in [0.1, 0.15) is 113 Å². The van der Waals surface area contributed by atoms with Gasteiger partial charge < -0.3 is 0 Å². The van der Waals surface area contributed by atoms with Crippen LogP contribution >= 0.6 is 15.9 Å². The normalized spacial score (nSPS) is 18.9. The molecule has 0 atom stereocenters. The van der Waals surface area contributed by atoms with Crippen LogP contribution in [0.2, 0.25) is 0 Å². The van der Waals surface area contributed by atoms with E-state index in [1.807, 2.05) is 0 Å². The Morgan fingerprint density at radius 2 is 1.26 bits per heavy atom. The average Bonchev–Trinajstić information content (AvgIpc) is 2.80. The Morgan fingerprint density at radius 3 is 1.90 bits per heavy atom.